The summed E-state index contributed by atoms with van der Waals surface area (Å²) in [6.45, 7) is 1.88. The Balaban J connectivity index is 1.70. The fourth-order valence-electron chi connectivity index (χ4n) is 4.82. The molecule has 0 spiro atoms. The summed E-state index contributed by atoms with van der Waals surface area (Å²) in [5.41, 5.74) is 4.91. The number of hydrogen-bond donors (Lipinski definition) is 1. The monoisotopic (exact) mass is 515 g/mol. The topological polar surface area (TPSA) is 82.9 Å². The molecule has 0 radical (unpaired) electrons. The Morgan fingerprint density at radius 2 is 1.76 bits per heavy atom. The van der Waals surface area contributed by atoms with Crippen LogP contribution >= 0.6 is 11.6 Å². The second kappa shape index (κ2) is 10.1. The normalized spacial score (nSPS) is 15.2. The van der Waals surface area contributed by atoms with E-state index in [1.807, 2.05) is 49.4 Å². The van der Waals surface area contributed by atoms with Crippen LogP contribution in [0.5, 0.6) is 0 Å². The number of fused-ring (bicyclic) bond motifs is 1. The van der Waals surface area contributed by atoms with Crippen LogP contribution in [0.25, 0.3) is 22.0 Å². The number of halogens is 2. The lowest BCUT2D eigenvalue weighted by Gasteiger charge is -2.22. The summed E-state index contributed by atoms with van der Waals surface area (Å²) in [6.07, 6.45) is -0.337. The number of benzene rings is 3. The largest absolute Gasteiger partial charge is 0.481 e. The quantitative estimate of drug-likeness (QED) is 0.316. The lowest BCUT2D eigenvalue weighted by atomic mass is 9.89. The van der Waals surface area contributed by atoms with E-state index in [1.165, 1.54) is 11.1 Å². The minimum Gasteiger partial charge on any atom is -0.481 e. The Bertz CT molecular complexity index is 1560. The molecular weight excluding hydrogens is 493 g/mol. The van der Waals surface area contributed by atoms with Crippen LogP contribution < -0.4 is 0 Å². The van der Waals surface area contributed by atoms with Crippen molar-refractivity contribution >= 4 is 40.1 Å². The van der Waals surface area contributed by atoms with E-state index >= 15 is 0 Å². The molecule has 37 heavy (non-hydrogen) atoms. The van der Waals surface area contributed by atoms with Gasteiger partial charge in [-0.2, -0.15) is 5.10 Å². The minimum atomic E-state index is -1.09. The lowest BCUT2D eigenvalue weighted by Crippen LogP contribution is -2.28. The molecular formula is C29H23ClFN3O3. The maximum absolute atomic E-state index is 14.9. The van der Waals surface area contributed by atoms with Crippen LogP contribution in [-0.2, 0) is 9.59 Å². The number of aryl methyl sites for hydroxylation is 1. The molecule has 0 aliphatic carbocycles. The molecule has 0 bridgehead atoms. The van der Waals surface area contributed by atoms with Crippen molar-refractivity contribution in [3.63, 3.8) is 0 Å². The van der Waals surface area contributed by atoms with Crippen LogP contribution in [0.3, 0.4) is 0 Å². The van der Waals surface area contributed by atoms with Crippen molar-refractivity contribution in [3.8, 4) is 11.1 Å². The van der Waals surface area contributed by atoms with Crippen molar-refractivity contribution in [2.45, 2.75) is 32.2 Å². The van der Waals surface area contributed by atoms with Gasteiger partial charge in [0.15, 0.2) is 0 Å². The Morgan fingerprint density at radius 3 is 2.49 bits per heavy atom. The van der Waals surface area contributed by atoms with Gasteiger partial charge in [0.2, 0.25) is 5.91 Å². The average Bonchev–Trinajstić information content (AvgIpc) is 3.32. The van der Waals surface area contributed by atoms with Crippen molar-refractivity contribution in [1.82, 2.24) is 9.99 Å². The van der Waals surface area contributed by atoms with Crippen LogP contribution in [0.1, 0.15) is 42.1 Å². The number of amides is 1. The number of hydrazone groups is 1. The van der Waals surface area contributed by atoms with Gasteiger partial charge in [-0.1, -0.05) is 60.1 Å². The first-order chi connectivity index (χ1) is 17.8. The van der Waals surface area contributed by atoms with Crippen molar-refractivity contribution in [2.75, 3.05) is 0 Å². The number of rotatable bonds is 6. The van der Waals surface area contributed by atoms with E-state index in [1.54, 1.807) is 24.3 Å². The molecule has 1 N–H and O–H groups in total. The van der Waals surface area contributed by atoms with E-state index < -0.39 is 23.7 Å². The molecule has 6 nitrogen and oxygen atoms in total. The molecule has 1 atom stereocenters. The maximum atomic E-state index is 14.9. The highest BCUT2D eigenvalue weighted by Gasteiger charge is 2.36. The van der Waals surface area contributed by atoms with E-state index in [9.17, 15) is 14.0 Å². The highest BCUT2D eigenvalue weighted by Crippen LogP contribution is 2.40. The summed E-state index contributed by atoms with van der Waals surface area (Å²) in [6, 6.07) is 20.8. The molecule has 3 aromatic carbocycles. The zero-order valence-corrected chi connectivity index (χ0v) is 20.7. The van der Waals surface area contributed by atoms with E-state index in [0.29, 0.717) is 22.0 Å². The molecule has 1 amide bonds. The Kier molecular flexibility index (Phi) is 6.72. The summed E-state index contributed by atoms with van der Waals surface area (Å²) in [5.74, 6) is -2.03. The molecule has 4 aromatic rings. The second-order valence-electron chi connectivity index (χ2n) is 8.89. The molecule has 0 saturated heterocycles. The summed E-state index contributed by atoms with van der Waals surface area (Å²) >= 11 is 6.38. The maximum Gasteiger partial charge on any atom is 0.303 e. The van der Waals surface area contributed by atoms with Gasteiger partial charge >= 0.3 is 5.97 Å². The molecule has 8 heteroatoms. The molecule has 0 unspecified atom stereocenters. The van der Waals surface area contributed by atoms with Crippen molar-refractivity contribution in [3.05, 3.63) is 100 Å². The SMILES string of the molecule is Cc1nc2ccc(Cl)cc2c(-c2ccccc2)c1C1=NN(C(=O)CCC(=O)O)[C@@H](c2ccccc2F)C1. The average molecular weight is 516 g/mol. The smallest absolute Gasteiger partial charge is 0.303 e. The van der Waals surface area contributed by atoms with Crippen molar-refractivity contribution < 1.29 is 19.1 Å². The highest BCUT2D eigenvalue weighted by molar-refractivity contribution is 6.31. The number of carboxylic acids is 1. The number of nitrogens with zero attached hydrogens (tertiary/aromatic N) is 3. The number of hydrogen-bond acceptors (Lipinski definition) is 4. The highest BCUT2D eigenvalue weighted by atomic mass is 35.5. The van der Waals surface area contributed by atoms with Gasteiger partial charge < -0.3 is 5.11 Å². The molecule has 0 saturated carbocycles. The van der Waals surface area contributed by atoms with Gasteiger partial charge in [0.25, 0.3) is 0 Å². The van der Waals surface area contributed by atoms with Crippen LogP contribution in [0, 0.1) is 12.7 Å². The van der Waals surface area contributed by atoms with E-state index in [2.05, 4.69) is 5.10 Å². The Hall–Kier alpha value is -4.10. The Labute approximate surface area is 218 Å². The number of pyridine rings is 1. The summed E-state index contributed by atoms with van der Waals surface area (Å²) < 4.78 is 14.9. The van der Waals surface area contributed by atoms with Crippen LogP contribution in [-0.4, -0.2) is 32.7 Å². The van der Waals surface area contributed by atoms with Crippen LogP contribution in [0.15, 0.2) is 77.9 Å². The van der Waals surface area contributed by atoms with Gasteiger partial charge in [0.1, 0.15) is 5.82 Å². The third kappa shape index (κ3) is 4.82. The number of aliphatic carboxylic acids is 1. The van der Waals surface area contributed by atoms with Gasteiger partial charge in [-0.05, 0) is 36.8 Å². The zero-order chi connectivity index (χ0) is 26.1. The summed E-state index contributed by atoms with van der Waals surface area (Å²) in [4.78, 5) is 29.0. The van der Waals surface area contributed by atoms with Gasteiger partial charge in [-0.3, -0.25) is 14.6 Å². The number of carbonyl (C=O) groups excluding carboxylic acids is 1. The van der Waals surface area contributed by atoms with Crippen LogP contribution in [0.2, 0.25) is 5.02 Å². The van der Waals surface area contributed by atoms with Gasteiger partial charge in [0, 0.05) is 45.6 Å². The minimum absolute atomic E-state index is 0.243. The summed E-state index contributed by atoms with van der Waals surface area (Å²) in [5, 5.41) is 16.4. The predicted octanol–water partition coefficient (Wildman–Crippen LogP) is 6.55. The molecule has 5 rings (SSSR count). The lowest BCUT2D eigenvalue weighted by molar-refractivity contribution is -0.141. The number of carbonyl (C=O) groups is 2. The fourth-order valence-corrected chi connectivity index (χ4v) is 5.00. The van der Waals surface area contributed by atoms with Gasteiger partial charge in [-0.15, -0.1) is 0 Å². The first-order valence-electron chi connectivity index (χ1n) is 11.8. The zero-order valence-electron chi connectivity index (χ0n) is 20.0. The molecule has 2 heterocycles. The number of carboxylic acid groups (broad SMARTS) is 1. The molecule has 0 fully saturated rings. The Morgan fingerprint density at radius 1 is 1.03 bits per heavy atom. The number of aromatic nitrogens is 1. The first kappa shape index (κ1) is 24.6. The van der Waals surface area contributed by atoms with Gasteiger partial charge in [-0.25, -0.2) is 9.40 Å². The molecule has 186 valence electrons. The third-order valence-electron chi connectivity index (χ3n) is 6.46. The van der Waals surface area contributed by atoms with E-state index in [4.69, 9.17) is 21.7 Å². The molecule has 1 aliphatic rings. The molecule has 1 aromatic heterocycles. The van der Waals surface area contributed by atoms with Gasteiger partial charge in [0.05, 0.1) is 23.7 Å². The second-order valence-corrected chi connectivity index (χ2v) is 9.33. The van der Waals surface area contributed by atoms with Crippen molar-refractivity contribution in [1.29, 1.82) is 0 Å². The van der Waals surface area contributed by atoms with Crippen LogP contribution in [0.4, 0.5) is 4.39 Å². The van der Waals surface area contributed by atoms with E-state index in [0.717, 1.165) is 27.6 Å². The first-order valence-corrected chi connectivity index (χ1v) is 12.2. The fraction of sp³-hybridized carbons (Fsp3) is 0.172. The van der Waals surface area contributed by atoms with Crippen molar-refractivity contribution in [2.24, 2.45) is 5.10 Å². The standard InChI is InChI=1S/C29H23ClFN3O3/c1-17-28(29(18-7-3-2-4-8-18)21-15-19(30)11-12-23(21)32-17)24-16-25(20-9-5-6-10-22(20)31)34(33-24)26(35)13-14-27(36)37/h2-12,15,25H,13-14,16H2,1H3,(H,36,37)/t25-/m1/s1. The third-order valence-corrected chi connectivity index (χ3v) is 6.70. The molecule has 1 aliphatic heterocycles. The van der Waals surface area contributed by atoms with E-state index in [-0.39, 0.29) is 19.3 Å². The predicted molar refractivity (Wildman–Crippen MR) is 141 cm³/mol. The summed E-state index contributed by atoms with van der Waals surface area (Å²) in [7, 11) is 0.